The fourth-order valence-electron chi connectivity index (χ4n) is 3.59. The van der Waals surface area contributed by atoms with Crippen molar-refractivity contribution in [3.05, 3.63) is 76.8 Å². The largest absolute Gasteiger partial charge is 0.507 e. The number of hydrogen-bond acceptors (Lipinski definition) is 5. The van der Waals surface area contributed by atoms with Gasteiger partial charge >= 0.3 is 0 Å². The molecule has 1 atom stereocenters. The van der Waals surface area contributed by atoms with E-state index in [0.717, 1.165) is 0 Å². The average molecular weight is 442 g/mol. The summed E-state index contributed by atoms with van der Waals surface area (Å²) in [7, 11) is 1.46. The Morgan fingerprint density at radius 3 is 2.71 bits per heavy atom. The predicted octanol–water partition coefficient (Wildman–Crippen LogP) is 4.75. The van der Waals surface area contributed by atoms with Crippen molar-refractivity contribution in [1.82, 2.24) is 4.90 Å². The Morgan fingerprint density at radius 1 is 1.26 bits per heavy atom. The lowest BCUT2D eigenvalue weighted by Gasteiger charge is -2.25. The summed E-state index contributed by atoms with van der Waals surface area (Å²) in [4.78, 5) is 27.2. The molecule has 1 heterocycles. The monoisotopic (exact) mass is 441 g/mol. The van der Waals surface area contributed by atoms with Gasteiger partial charge in [-0.25, -0.2) is 0 Å². The van der Waals surface area contributed by atoms with E-state index in [1.54, 1.807) is 42.5 Å². The molecule has 0 aliphatic carbocycles. The van der Waals surface area contributed by atoms with E-state index in [2.05, 4.69) is 6.58 Å². The van der Waals surface area contributed by atoms with Gasteiger partial charge in [0.25, 0.3) is 11.7 Å². The third-order valence-electron chi connectivity index (χ3n) is 4.97. The number of ketones is 1. The van der Waals surface area contributed by atoms with Crippen LogP contribution in [0.2, 0.25) is 5.02 Å². The van der Waals surface area contributed by atoms with Crippen LogP contribution in [0.5, 0.6) is 11.5 Å². The van der Waals surface area contributed by atoms with Gasteiger partial charge in [0.15, 0.2) is 0 Å². The number of rotatable bonds is 8. The van der Waals surface area contributed by atoms with Crippen LogP contribution in [-0.4, -0.2) is 42.0 Å². The number of methoxy groups -OCH3 is 1. The van der Waals surface area contributed by atoms with Crippen molar-refractivity contribution in [2.45, 2.75) is 19.4 Å². The second kappa shape index (κ2) is 9.71. The first-order chi connectivity index (χ1) is 14.9. The quantitative estimate of drug-likeness (QED) is 0.277. The summed E-state index contributed by atoms with van der Waals surface area (Å²) >= 11 is 6.09. The Morgan fingerprint density at radius 2 is 2.03 bits per heavy atom. The van der Waals surface area contributed by atoms with Gasteiger partial charge in [0.1, 0.15) is 23.9 Å². The van der Waals surface area contributed by atoms with Crippen LogP contribution in [0.15, 0.2) is 60.7 Å². The van der Waals surface area contributed by atoms with Gasteiger partial charge < -0.3 is 19.5 Å². The van der Waals surface area contributed by atoms with Gasteiger partial charge in [-0.3, -0.25) is 9.59 Å². The number of likely N-dealkylation sites (tertiary alicyclic amines) is 1. The zero-order valence-electron chi connectivity index (χ0n) is 17.4. The average Bonchev–Trinajstić information content (AvgIpc) is 3.03. The molecule has 2 aromatic carbocycles. The second-order valence-electron chi connectivity index (χ2n) is 7.01. The molecule has 1 saturated heterocycles. The molecule has 3 rings (SSSR count). The molecule has 0 bridgehead atoms. The minimum Gasteiger partial charge on any atom is -0.507 e. The summed E-state index contributed by atoms with van der Waals surface area (Å²) < 4.78 is 10.8. The predicted molar refractivity (Wildman–Crippen MR) is 119 cm³/mol. The molecule has 1 aliphatic heterocycles. The highest BCUT2D eigenvalue weighted by Crippen LogP contribution is 2.41. The zero-order valence-corrected chi connectivity index (χ0v) is 18.2. The molecule has 0 aromatic heterocycles. The summed E-state index contributed by atoms with van der Waals surface area (Å²) in [5.41, 5.74) is 1.01. The van der Waals surface area contributed by atoms with Crippen molar-refractivity contribution in [3.8, 4) is 11.5 Å². The van der Waals surface area contributed by atoms with E-state index in [4.69, 9.17) is 21.1 Å². The van der Waals surface area contributed by atoms with Gasteiger partial charge in [0, 0.05) is 12.1 Å². The molecular formula is C24H24ClNO5. The van der Waals surface area contributed by atoms with Gasteiger partial charge in [-0.15, -0.1) is 0 Å². The number of carbonyl (C=O) groups excluding carboxylic acids is 2. The smallest absolute Gasteiger partial charge is 0.295 e. The summed E-state index contributed by atoms with van der Waals surface area (Å²) in [5, 5.41) is 11.5. The van der Waals surface area contributed by atoms with Crippen LogP contribution in [-0.2, 0) is 9.59 Å². The van der Waals surface area contributed by atoms with Gasteiger partial charge in [0.05, 0.1) is 23.7 Å². The van der Waals surface area contributed by atoms with Crippen LogP contribution >= 0.6 is 11.6 Å². The minimum absolute atomic E-state index is 0.0173. The summed E-state index contributed by atoms with van der Waals surface area (Å²) in [6.07, 6.45) is 2.29. The normalized spacial score (nSPS) is 17.6. The topological polar surface area (TPSA) is 76.1 Å². The highest BCUT2D eigenvalue weighted by atomic mass is 35.5. The molecule has 6 nitrogen and oxygen atoms in total. The van der Waals surface area contributed by atoms with E-state index in [1.807, 2.05) is 6.92 Å². The van der Waals surface area contributed by atoms with Crippen LogP contribution in [0.4, 0.5) is 0 Å². The fourth-order valence-corrected chi connectivity index (χ4v) is 3.78. The van der Waals surface area contributed by atoms with Gasteiger partial charge in [-0.05, 0) is 42.3 Å². The maximum Gasteiger partial charge on any atom is 0.295 e. The molecule has 0 saturated carbocycles. The standard InChI is InChI=1S/C24H24ClNO5/c1-4-11-26-21(15-7-6-8-17(13-15)31-12-5-2)20(23(28)24(26)29)22(27)16-9-10-18(25)19(14-16)30-3/h5-10,13-14,21,27H,2,4,11-12H2,1,3H3/b22-20-. The Bertz CT molecular complexity index is 1050. The number of halogens is 1. The molecule has 162 valence electrons. The highest BCUT2D eigenvalue weighted by molar-refractivity contribution is 6.46. The van der Waals surface area contributed by atoms with E-state index in [-0.39, 0.29) is 11.3 Å². The number of hydrogen-bond donors (Lipinski definition) is 1. The maximum atomic E-state index is 13.0. The van der Waals surface area contributed by atoms with E-state index < -0.39 is 17.7 Å². The van der Waals surface area contributed by atoms with Crippen LogP contribution in [0, 0.1) is 0 Å². The number of aliphatic hydroxyl groups excluding tert-OH is 1. The van der Waals surface area contributed by atoms with Crippen molar-refractivity contribution in [1.29, 1.82) is 0 Å². The zero-order chi connectivity index (χ0) is 22.5. The summed E-state index contributed by atoms with van der Waals surface area (Å²) in [6, 6.07) is 11.1. The van der Waals surface area contributed by atoms with E-state index in [9.17, 15) is 14.7 Å². The number of nitrogens with zero attached hydrogens (tertiary/aromatic N) is 1. The Hall–Kier alpha value is -3.25. The van der Waals surface area contributed by atoms with Crippen molar-refractivity contribution in [2.75, 3.05) is 20.3 Å². The van der Waals surface area contributed by atoms with Crippen LogP contribution < -0.4 is 9.47 Å². The van der Waals surface area contributed by atoms with E-state index in [0.29, 0.717) is 47.2 Å². The second-order valence-corrected chi connectivity index (χ2v) is 7.42. The third kappa shape index (κ3) is 4.44. The Labute approximate surface area is 186 Å². The first kappa shape index (κ1) is 22.4. The fraction of sp³-hybridized carbons (Fsp3) is 0.250. The first-order valence-corrected chi connectivity index (χ1v) is 10.3. The van der Waals surface area contributed by atoms with E-state index in [1.165, 1.54) is 18.1 Å². The summed E-state index contributed by atoms with van der Waals surface area (Å²) in [5.74, 6) is -0.735. The van der Waals surface area contributed by atoms with Crippen LogP contribution in [0.25, 0.3) is 5.76 Å². The minimum atomic E-state index is -0.742. The molecule has 0 spiro atoms. The van der Waals surface area contributed by atoms with Crippen molar-refractivity contribution in [2.24, 2.45) is 0 Å². The number of carbonyl (C=O) groups is 2. The molecule has 1 aliphatic rings. The van der Waals surface area contributed by atoms with Crippen LogP contribution in [0.3, 0.4) is 0 Å². The third-order valence-corrected chi connectivity index (χ3v) is 5.28. The number of ether oxygens (including phenoxy) is 2. The molecule has 0 radical (unpaired) electrons. The van der Waals surface area contributed by atoms with Crippen LogP contribution in [0.1, 0.15) is 30.5 Å². The van der Waals surface area contributed by atoms with Gasteiger partial charge in [0.2, 0.25) is 0 Å². The van der Waals surface area contributed by atoms with Crippen molar-refractivity contribution < 1.29 is 24.2 Å². The molecule has 1 unspecified atom stereocenters. The van der Waals surface area contributed by atoms with Crippen molar-refractivity contribution >= 4 is 29.1 Å². The van der Waals surface area contributed by atoms with Gasteiger partial charge in [-0.1, -0.05) is 43.3 Å². The lowest BCUT2D eigenvalue weighted by atomic mass is 9.95. The lowest BCUT2D eigenvalue weighted by molar-refractivity contribution is -0.139. The summed E-state index contributed by atoms with van der Waals surface area (Å²) in [6.45, 7) is 6.25. The molecule has 1 N–H and O–H groups in total. The molecule has 1 fully saturated rings. The van der Waals surface area contributed by atoms with E-state index >= 15 is 0 Å². The molecule has 31 heavy (non-hydrogen) atoms. The molecule has 1 amide bonds. The first-order valence-electron chi connectivity index (χ1n) is 9.88. The number of amides is 1. The number of aliphatic hydroxyl groups is 1. The lowest BCUT2D eigenvalue weighted by Crippen LogP contribution is -2.30. The van der Waals surface area contributed by atoms with Crippen molar-refractivity contribution in [3.63, 3.8) is 0 Å². The number of benzene rings is 2. The Balaban J connectivity index is 2.16. The molecular weight excluding hydrogens is 418 g/mol. The SMILES string of the molecule is C=CCOc1cccc(C2/C(=C(/O)c3ccc(Cl)c(OC)c3)C(=O)C(=O)N2CCC)c1. The molecule has 7 heteroatoms. The maximum absolute atomic E-state index is 13.0. The molecule has 2 aromatic rings. The highest BCUT2D eigenvalue weighted by Gasteiger charge is 2.45. The van der Waals surface area contributed by atoms with Gasteiger partial charge in [-0.2, -0.15) is 0 Å². The number of Topliss-reactive ketones (excluding diaryl/α,β-unsaturated/α-hetero) is 1. The Kier molecular flexibility index (Phi) is 7.02.